The van der Waals surface area contributed by atoms with Crippen molar-refractivity contribution in [3.63, 3.8) is 0 Å². The zero-order valence-electron chi connectivity index (χ0n) is 9.21. The molecule has 2 N–H and O–H groups in total. The maximum Gasteiger partial charge on any atom is 0.122 e. The minimum absolute atomic E-state index is 0.509. The molecule has 0 spiro atoms. The standard InChI is InChI=1S/C12H19NO/c1-9(7-8-13)11-5-4-6-12(14-3)10(11)2/h4-6,9H,7-8,13H2,1-3H3. The van der Waals surface area contributed by atoms with Gasteiger partial charge in [-0.3, -0.25) is 0 Å². The van der Waals surface area contributed by atoms with Gasteiger partial charge in [0.25, 0.3) is 0 Å². The Morgan fingerprint density at radius 1 is 1.43 bits per heavy atom. The molecule has 1 aromatic carbocycles. The van der Waals surface area contributed by atoms with Gasteiger partial charge in [-0.05, 0) is 43.0 Å². The first-order valence-electron chi connectivity index (χ1n) is 5.04. The number of methoxy groups -OCH3 is 1. The lowest BCUT2D eigenvalue weighted by Gasteiger charge is -2.15. The summed E-state index contributed by atoms with van der Waals surface area (Å²) in [5.41, 5.74) is 8.13. The van der Waals surface area contributed by atoms with Gasteiger partial charge < -0.3 is 10.5 Å². The van der Waals surface area contributed by atoms with Crippen LogP contribution < -0.4 is 10.5 Å². The molecule has 0 fully saturated rings. The van der Waals surface area contributed by atoms with E-state index in [1.54, 1.807) is 7.11 Å². The molecular weight excluding hydrogens is 174 g/mol. The van der Waals surface area contributed by atoms with Crippen LogP contribution in [0.25, 0.3) is 0 Å². The highest BCUT2D eigenvalue weighted by Crippen LogP contribution is 2.28. The first-order valence-corrected chi connectivity index (χ1v) is 5.04. The molecule has 1 aromatic rings. The fraction of sp³-hybridized carbons (Fsp3) is 0.500. The number of hydrogen-bond donors (Lipinski definition) is 1. The normalized spacial score (nSPS) is 12.6. The predicted octanol–water partition coefficient (Wildman–Crippen LogP) is 2.46. The van der Waals surface area contributed by atoms with Gasteiger partial charge in [0, 0.05) is 0 Å². The van der Waals surface area contributed by atoms with Gasteiger partial charge in [0.1, 0.15) is 5.75 Å². The number of benzene rings is 1. The van der Waals surface area contributed by atoms with Crippen molar-refractivity contribution in [2.75, 3.05) is 13.7 Å². The molecule has 0 heterocycles. The van der Waals surface area contributed by atoms with Crippen molar-refractivity contribution < 1.29 is 4.74 Å². The average molecular weight is 193 g/mol. The average Bonchev–Trinajstić information content (AvgIpc) is 2.18. The molecule has 0 aliphatic carbocycles. The van der Waals surface area contributed by atoms with Gasteiger partial charge in [0.05, 0.1) is 7.11 Å². The van der Waals surface area contributed by atoms with Gasteiger partial charge in [-0.25, -0.2) is 0 Å². The summed E-state index contributed by atoms with van der Waals surface area (Å²) >= 11 is 0. The van der Waals surface area contributed by atoms with Crippen LogP contribution in [-0.4, -0.2) is 13.7 Å². The Labute approximate surface area is 86.1 Å². The molecular formula is C12H19NO. The molecule has 14 heavy (non-hydrogen) atoms. The van der Waals surface area contributed by atoms with Gasteiger partial charge in [-0.15, -0.1) is 0 Å². The Kier molecular flexibility index (Phi) is 3.96. The minimum atomic E-state index is 0.509. The zero-order chi connectivity index (χ0) is 10.6. The first-order chi connectivity index (χ1) is 6.70. The molecule has 0 bridgehead atoms. The van der Waals surface area contributed by atoms with Crippen LogP contribution in [0.5, 0.6) is 5.75 Å². The van der Waals surface area contributed by atoms with Crippen LogP contribution in [0, 0.1) is 6.92 Å². The van der Waals surface area contributed by atoms with Crippen LogP contribution in [0.3, 0.4) is 0 Å². The Bertz CT molecular complexity index is 296. The van der Waals surface area contributed by atoms with E-state index in [2.05, 4.69) is 19.9 Å². The maximum absolute atomic E-state index is 5.56. The third kappa shape index (κ3) is 2.26. The van der Waals surface area contributed by atoms with Crippen LogP contribution in [-0.2, 0) is 0 Å². The number of nitrogens with two attached hydrogens (primary N) is 1. The summed E-state index contributed by atoms with van der Waals surface area (Å²) in [5, 5.41) is 0. The molecule has 0 saturated carbocycles. The Morgan fingerprint density at radius 2 is 2.14 bits per heavy atom. The number of hydrogen-bond acceptors (Lipinski definition) is 2. The molecule has 0 aliphatic heterocycles. The zero-order valence-corrected chi connectivity index (χ0v) is 9.21. The third-order valence-corrected chi connectivity index (χ3v) is 2.68. The van der Waals surface area contributed by atoms with Crippen LogP contribution in [0.1, 0.15) is 30.4 Å². The maximum atomic E-state index is 5.56. The summed E-state index contributed by atoms with van der Waals surface area (Å²) in [4.78, 5) is 0. The van der Waals surface area contributed by atoms with Crippen LogP contribution in [0.2, 0.25) is 0 Å². The molecule has 1 unspecified atom stereocenters. The monoisotopic (exact) mass is 193 g/mol. The summed E-state index contributed by atoms with van der Waals surface area (Å²) in [7, 11) is 1.71. The van der Waals surface area contributed by atoms with Crippen molar-refractivity contribution >= 4 is 0 Å². The quantitative estimate of drug-likeness (QED) is 0.797. The van der Waals surface area contributed by atoms with E-state index < -0.39 is 0 Å². The van der Waals surface area contributed by atoms with Gasteiger partial charge in [-0.2, -0.15) is 0 Å². The summed E-state index contributed by atoms with van der Waals surface area (Å²) in [6.45, 7) is 5.04. The summed E-state index contributed by atoms with van der Waals surface area (Å²) in [5.74, 6) is 1.47. The topological polar surface area (TPSA) is 35.2 Å². The number of rotatable bonds is 4. The Morgan fingerprint density at radius 3 is 2.71 bits per heavy atom. The van der Waals surface area contributed by atoms with Crippen molar-refractivity contribution in [3.8, 4) is 5.75 Å². The van der Waals surface area contributed by atoms with Crippen molar-refractivity contribution in [2.24, 2.45) is 5.73 Å². The third-order valence-electron chi connectivity index (χ3n) is 2.68. The predicted molar refractivity (Wildman–Crippen MR) is 59.8 cm³/mol. The van der Waals surface area contributed by atoms with E-state index >= 15 is 0 Å². The Hall–Kier alpha value is -1.02. The molecule has 2 heteroatoms. The smallest absolute Gasteiger partial charge is 0.122 e. The molecule has 0 amide bonds. The van der Waals surface area contributed by atoms with Crippen molar-refractivity contribution in [2.45, 2.75) is 26.2 Å². The summed E-state index contributed by atoms with van der Waals surface area (Å²) in [6, 6.07) is 6.18. The summed E-state index contributed by atoms with van der Waals surface area (Å²) < 4.78 is 5.28. The van der Waals surface area contributed by atoms with Crippen molar-refractivity contribution in [1.29, 1.82) is 0 Å². The van der Waals surface area contributed by atoms with E-state index in [1.165, 1.54) is 11.1 Å². The van der Waals surface area contributed by atoms with Crippen LogP contribution >= 0.6 is 0 Å². The first kappa shape index (κ1) is 11.1. The van der Waals surface area contributed by atoms with E-state index in [9.17, 15) is 0 Å². The highest BCUT2D eigenvalue weighted by atomic mass is 16.5. The molecule has 0 aliphatic rings. The molecule has 0 saturated heterocycles. The van der Waals surface area contributed by atoms with E-state index in [1.807, 2.05) is 12.1 Å². The minimum Gasteiger partial charge on any atom is -0.496 e. The van der Waals surface area contributed by atoms with Gasteiger partial charge >= 0.3 is 0 Å². The Balaban J connectivity index is 2.96. The van der Waals surface area contributed by atoms with Gasteiger partial charge in [-0.1, -0.05) is 19.1 Å². The fourth-order valence-electron chi connectivity index (χ4n) is 1.79. The lowest BCUT2D eigenvalue weighted by atomic mass is 9.93. The van der Waals surface area contributed by atoms with E-state index in [0.717, 1.165) is 18.7 Å². The molecule has 1 atom stereocenters. The largest absolute Gasteiger partial charge is 0.496 e. The lowest BCUT2D eigenvalue weighted by molar-refractivity contribution is 0.410. The highest BCUT2D eigenvalue weighted by Gasteiger charge is 2.10. The molecule has 78 valence electrons. The van der Waals surface area contributed by atoms with Crippen molar-refractivity contribution in [3.05, 3.63) is 29.3 Å². The van der Waals surface area contributed by atoms with Crippen LogP contribution in [0.15, 0.2) is 18.2 Å². The number of ether oxygens (including phenoxy) is 1. The highest BCUT2D eigenvalue weighted by molar-refractivity contribution is 5.40. The second kappa shape index (κ2) is 5.01. The second-order valence-corrected chi connectivity index (χ2v) is 3.65. The SMILES string of the molecule is COc1cccc(C(C)CCN)c1C. The molecule has 0 aromatic heterocycles. The molecule has 2 nitrogen and oxygen atoms in total. The van der Waals surface area contributed by atoms with Crippen molar-refractivity contribution in [1.82, 2.24) is 0 Å². The lowest BCUT2D eigenvalue weighted by Crippen LogP contribution is -2.06. The van der Waals surface area contributed by atoms with E-state index in [4.69, 9.17) is 10.5 Å². The fourth-order valence-corrected chi connectivity index (χ4v) is 1.79. The summed E-state index contributed by atoms with van der Waals surface area (Å²) in [6.07, 6.45) is 1.02. The van der Waals surface area contributed by atoms with Gasteiger partial charge in [0.2, 0.25) is 0 Å². The van der Waals surface area contributed by atoms with E-state index in [-0.39, 0.29) is 0 Å². The molecule has 0 radical (unpaired) electrons. The van der Waals surface area contributed by atoms with Crippen LogP contribution in [0.4, 0.5) is 0 Å². The van der Waals surface area contributed by atoms with E-state index in [0.29, 0.717) is 5.92 Å². The van der Waals surface area contributed by atoms with Gasteiger partial charge in [0.15, 0.2) is 0 Å². The molecule has 1 rings (SSSR count). The second-order valence-electron chi connectivity index (χ2n) is 3.65.